The standard InChI is InChI=1S/C15H25BrN2O2S/c1-11(13-12(16)7-10-21-13)17-8-6-9-18(5)14(19)20-15(2,3)4/h7,10-11,17H,6,8-9H2,1-5H3. The molecule has 0 saturated carbocycles. The summed E-state index contributed by atoms with van der Waals surface area (Å²) in [6.45, 7) is 9.32. The fraction of sp³-hybridized carbons (Fsp3) is 0.667. The minimum Gasteiger partial charge on any atom is -0.444 e. The molecular weight excluding hydrogens is 352 g/mol. The Labute approximate surface area is 140 Å². The van der Waals surface area contributed by atoms with Gasteiger partial charge in [0.1, 0.15) is 5.60 Å². The van der Waals surface area contributed by atoms with Crippen molar-refractivity contribution in [2.75, 3.05) is 20.1 Å². The lowest BCUT2D eigenvalue weighted by atomic mass is 10.2. The molecule has 1 rings (SSSR count). The monoisotopic (exact) mass is 376 g/mol. The third kappa shape index (κ3) is 6.80. The molecule has 0 aromatic carbocycles. The van der Waals surface area contributed by atoms with Gasteiger partial charge in [0.15, 0.2) is 0 Å². The summed E-state index contributed by atoms with van der Waals surface area (Å²) in [4.78, 5) is 14.7. The van der Waals surface area contributed by atoms with Gasteiger partial charge in [-0.15, -0.1) is 11.3 Å². The van der Waals surface area contributed by atoms with Crippen LogP contribution in [0.1, 0.15) is 45.0 Å². The van der Waals surface area contributed by atoms with Gasteiger partial charge in [0.25, 0.3) is 0 Å². The molecule has 0 aliphatic heterocycles. The normalized spacial score (nSPS) is 13.0. The molecule has 0 aliphatic carbocycles. The highest BCUT2D eigenvalue weighted by atomic mass is 79.9. The van der Waals surface area contributed by atoms with Crippen molar-refractivity contribution in [1.29, 1.82) is 0 Å². The second kappa shape index (κ2) is 8.15. The molecule has 0 spiro atoms. The summed E-state index contributed by atoms with van der Waals surface area (Å²) in [5.41, 5.74) is -0.441. The van der Waals surface area contributed by atoms with Crippen molar-refractivity contribution in [3.8, 4) is 0 Å². The molecule has 0 bridgehead atoms. The highest BCUT2D eigenvalue weighted by Gasteiger charge is 2.19. The Kier molecular flexibility index (Phi) is 7.16. The van der Waals surface area contributed by atoms with Crippen molar-refractivity contribution in [1.82, 2.24) is 10.2 Å². The van der Waals surface area contributed by atoms with E-state index in [9.17, 15) is 4.79 Å². The van der Waals surface area contributed by atoms with Crippen molar-refractivity contribution in [3.63, 3.8) is 0 Å². The Morgan fingerprint density at radius 3 is 2.71 bits per heavy atom. The lowest BCUT2D eigenvalue weighted by molar-refractivity contribution is 0.0297. The van der Waals surface area contributed by atoms with Crippen molar-refractivity contribution >= 4 is 33.4 Å². The molecule has 1 aromatic rings. The van der Waals surface area contributed by atoms with Crippen LogP contribution in [0, 0.1) is 0 Å². The number of halogens is 1. The van der Waals surface area contributed by atoms with E-state index in [4.69, 9.17) is 4.74 Å². The van der Waals surface area contributed by atoms with Gasteiger partial charge in [-0.3, -0.25) is 0 Å². The number of hydrogen-bond acceptors (Lipinski definition) is 4. The number of nitrogens with one attached hydrogen (secondary N) is 1. The largest absolute Gasteiger partial charge is 0.444 e. The molecule has 0 fully saturated rings. The first-order chi connectivity index (χ1) is 9.70. The van der Waals surface area contributed by atoms with Gasteiger partial charge in [-0.05, 0) is 68.0 Å². The average Bonchev–Trinajstić information content (AvgIpc) is 2.78. The van der Waals surface area contributed by atoms with Crippen LogP contribution in [0.3, 0.4) is 0 Å². The molecule has 0 radical (unpaired) electrons. The van der Waals surface area contributed by atoms with E-state index in [0.29, 0.717) is 12.6 Å². The van der Waals surface area contributed by atoms with Gasteiger partial charge in [-0.25, -0.2) is 4.79 Å². The maximum atomic E-state index is 11.8. The Balaban J connectivity index is 2.25. The number of carbonyl (C=O) groups excluding carboxylic acids is 1. The van der Waals surface area contributed by atoms with Crippen molar-refractivity contribution in [3.05, 3.63) is 20.8 Å². The summed E-state index contributed by atoms with van der Waals surface area (Å²) < 4.78 is 6.47. The van der Waals surface area contributed by atoms with Crippen molar-refractivity contribution in [2.45, 2.75) is 45.8 Å². The molecule has 1 heterocycles. The van der Waals surface area contributed by atoms with Crippen LogP contribution in [0.15, 0.2) is 15.9 Å². The van der Waals surface area contributed by atoms with Crippen LogP contribution >= 0.6 is 27.3 Å². The molecular formula is C15H25BrN2O2S. The average molecular weight is 377 g/mol. The molecule has 1 unspecified atom stereocenters. The smallest absolute Gasteiger partial charge is 0.410 e. The predicted octanol–water partition coefficient (Wildman–Crippen LogP) is 4.42. The third-order valence-electron chi connectivity index (χ3n) is 2.86. The van der Waals surface area contributed by atoms with Crippen LogP contribution in [0.5, 0.6) is 0 Å². The van der Waals surface area contributed by atoms with E-state index in [1.807, 2.05) is 20.8 Å². The summed E-state index contributed by atoms with van der Waals surface area (Å²) >= 11 is 5.29. The van der Waals surface area contributed by atoms with Gasteiger partial charge >= 0.3 is 6.09 Å². The van der Waals surface area contributed by atoms with E-state index in [-0.39, 0.29) is 6.09 Å². The predicted molar refractivity (Wildman–Crippen MR) is 91.9 cm³/mol. The lowest BCUT2D eigenvalue weighted by Gasteiger charge is -2.24. The Bertz CT molecular complexity index is 457. The van der Waals surface area contributed by atoms with Gasteiger partial charge in [0.2, 0.25) is 0 Å². The molecule has 0 aliphatic rings. The van der Waals surface area contributed by atoms with Gasteiger partial charge in [-0.1, -0.05) is 0 Å². The van der Waals surface area contributed by atoms with Crippen LogP contribution < -0.4 is 5.32 Å². The fourth-order valence-corrected chi connectivity index (χ4v) is 3.52. The fourth-order valence-electron chi connectivity index (χ4n) is 1.77. The van der Waals surface area contributed by atoms with Crippen molar-refractivity contribution in [2.24, 2.45) is 0 Å². The maximum absolute atomic E-state index is 11.8. The van der Waals surface area contributed by atoms with Crippen molar-refractivity contribution < 1.29 is 9.53 Å². The summed E-state index contributed by atoms with van der Waals surface area (Å²) in [7, 11) is 1.77. The molecule has 4 nitrogen and oxygen atoms in total. The first-order valence-corrected chi connectivity index (χ1v) is 8.78. The molecule has 1 N–H and O–H groups in total. The Hall–Kier alpha value is -0.590. The topological polar surface area (TPSA) is 41.6 Å². The van der Waals surface area contributed by atoms with E-state index < -0.39 is 5.60 Å². The molecule has 1 aromatic heterocycles. The van der Waals surface area contributed by atoms with E-state index in [1.165, 1.54) is 4.88 Å². The third-order valence-corrected chi connectivity index (χ3v) is 4.92. The molecule has 1 atom stereocenters. The molecule has 1 amide bonds. The molecule has 120 valence electrons. The summed E-state index contributed by atoms with van der Waals surface area (Å²) in [5.74, 6) is 0. The van der Waals surface area contributed by atoms with Gasteiger partial charge in [0.05, 0.1) is 0 Å². The second-order valence-corrected chi connectivity index (χ2v) is 7.87. The number of amides is 1. The quantitative estimate of drug-likeness (QED) is 0.747. The van der Waals surface area contributed by atoms with Gasteiger partial charge in [-0.2, -0.15) is 0 Å². The van der Waals surface area contributed by atoms with Crippen LogP contribution in [0.4, 0.5) is 4.79 Å². The maximum Gasteiger partial charge on any atom is 0.410 e. The lowest BCUT2D eigenvalue weighted by Crippen LogP contribution is -2.35. The van der Waals surface area contributed by atoms with Gasteiger partial charge in [0, 0.05) is 29.0 Å². The minimum absolute atomic E-state index is 0.267. The van der Waals surface area contributed by atoms with Crippen LogP contribution in [0.25, 0.3) is 0 Å². The molecule has 21 heavy (non-hydrogen) atoms. The summed E-state index contributed by atoms with van der Waals surface area (Å²) in [6, 6.07) is 2.38. The Morgan fingerprint density at radius 1 is 1.52 bits per heavy atom. The zero-order valence-electron chi connectivity index (χ0n) is 13.4. The summed E-state index contributed by atoms with van der Waals surface area (Å²) in [5, 5.41) is 5.55. The van der Waals surface area contributed by atoms with E-state index >= 15 is 0 Å². The SMILES string of the molecule is CC(NCCCN(C)C(=O)OC(C)(C)C)c1sccc1Br. The van der Waals surface area contributed by atoms with E-state index in [2.05, 4.69) is 39.6 Å². The highest BCUT2D eigenvalue weighted by Crippen LogP contribution is 2.28. The first kappa shape index (κ1) is 18.5. The number of carbonyl (C=O) groups is 1. The van der Waals surface area contributed by atoms with E-state index in [0.717, 1.165) is 17.4 Å². The molecule has 6 heteroatoms. The molecule has 0 saturated heterocycles. The highest BCUT2D eigenvalue weighted by molar-refractivity contribution is 9.10. The second-order valence-electron chi connectivity index (χ2n) is 6.06. The summed E-state index contributed by atoms with van der Waals surface area (Å²) in [6.07, 6.45) is 0.625. The minimum atomic E-state index is -0.441. The van der Waals surface area contributed by atoms with Crippen LogP contribution in [0.2, 0.25) is 0 Å². The number of thiophene rings is 1. The van der Waals surface area contributed by atoms with Gasteiger partial charge < -0.3 is 15.0 Å². The number of ether oxygens (including phenoxy) is 1. The number of rotatable bonds is 6. The number of hydrogen-bond donors (Lipinski definition) is 1. The van der Waals surface area contributed by atoms with E-state index in [1.54, 1.807) is 23.3 Å². The number of nitrogens with zero attached hydrogens (tertiary/aromatic N) is 1. The Morgan fingerprint density at radius 2 is 2.19 bits per heavy atom. The zero-order valence-corrected chi connectivity index (χ0v) is 15.8. The van der Waals surface area contributed by atoms with Crippen LogP contribution in [-0.4, -0.2) is 36.7 Å². The zero-order chi connectivity index (χ0) is 16.0. The first-order valence-electron chi connectivity index (χ1n) is 7.11. The van der Waals surface area contributed by atoms with Crippen LogP contribution in [-0.2, 0) is 4.74 Å².